The maximum atomic E-state index is 11.7. The summed E-state index contributed by atoms with van der Waals surface area (Å²) in [4.78, 5) is 9.99. The SMILES string of the molecule is O=C/C=C/c1ccc(OCF)cc1. The Hall–Kier alpha value is -1.64. The zero-order valence-electron chi connectivity index (χ0n) is 6.94. The van der Waals surface area contributed by atoms with Crippen molar-refractivity contribution >= 4 is 12.4 Å². The molecule has 0 aromatic heterocycles. The molecule has 1 aromatic carbocycles. The average Bonchev–Trinajstić information content (AvgIpc) is 2.17. The van der Waals surface area contributed by atoms with E-state index in [9.17, 15) is 9.18 Å². The lowest BCUT2D eigenvalue weighted by atomic mass is 10.2. The minimum Gasteiger partial charge on any atom is -0.463 e. The van der Waals surface area contributed by atoms with E-state index in [0.29, 0.717) is 12.0 Å². The van der Waals surface area contributed by atoms with Crippen LogP contribution >= 0.6 is 0 Å². The number of benzene rings is 1. The predicted molar refractivity (Wildman–Crippen MR) is 48.1 cm³/mol. The summed E-state index contributed by atoms with van der Waals surface area (Å²) in [6.07, 6.45) is 3.75. The summed E-state index contributed by atoms with van der Waals surface area (Å²) in [6, 6.07) is 6.77. The molecule has 0 saturated carbocycles. The lowest BCUT2D eigenvalue weighted by Gasteiger charge is -1.99. The molecule has 0 saturated heterocycles. The first-order valence-electron chi connectivity index (χ1n) is 3.77. The number of hydrogen-bond acceptors (Lipinski definition) is 2. The highest BCUT2D eigenvalue weighted by Gasteiger charge is 1.91. The zero-order chi connectivity index (χ0) is 9.52. The van der Waals surface area contributed by atoms with Gasteiger partial charge in [0.15, 0.2) is 0 Å². The highest BCUT2D eigenvalue weighted by Crippen LogP contribution is 2.12. The fourth-order valence-electron chi connectivity index (χ4n) is 0.889. The van der Waals surface area contributed by atoms with Gasteiger partial charge in [-0.15, -0.1) is 0 Å². The van der Waals surface area contributed by atoms with E-state index < -0.39 is 6.86 Å². The molecule has 0 amide bonds. The van der Waals surface area contributed by atoms with Crippen molar-refractivity contribution in [1.82, 2.24) is 0 Å². The topological polar surface area (TPSA) is 26.3 Å². The summed E-state index contributed by atoms with van der Waals surface area (Å²) in [5, 5.41) is 0. The van der Waals surface area contributed by atoms with Crippen LogP contribution in [0.4, 0.5) is 4.39 Å². The van der Waals surface area contributed by atoms with Crippen LogP contribution < -0.4 is 4.74 Å². The Morgan fingerprint density at radius 3 is 2.54 bits per heavy atom. The smallest absolute Gasteiger partial charge is 0.228 e. The molecule has 0 N–H and O–H groups in total. The Kier molecular flexibility index (Phi) is 3.70. The third-order valence-electron chi connectivity index (χ3n) is 1.47. The molecule has 1 rings (SSSR count). The van der Waals surface area contributed by atoms with E-state index in [1.807, 2.05) is 0 Å². The van der Waals surface area contributed by atoms with E-state index in [2.05, 4.69) is 4.74 Å². The summed E-state index contributed by atoms with van der Waals surface area (Å²) in [6.45, 7) is -0.830. The van der Waals surface area contributed by atoms with Crippen LogP contribution in [0.3, 0.4) is 0 Å². The van der Waals surface area contributed by atoms with Gasteiger partial charge >= 0.3 is 0 Å². The standard InChI is InChI=1S/C10H9FO2/c11-8-13-10-5-3-9(4-6-10)2-1-7-12/h1-7H,8H2/b2-1+. The van der Waals surface area contributed by atoms with Crippen molar-refractivity contribution in [2.24, 2.45) is 0 Å². The van der Waals surface area contributed by atoms with Crippen molar-refractivity contribution in [3.8, 4) is 5.75 Å². The van der Waals surface area contributed by atoms with E-state index >= 15 is 0 Å². The number of allylic oxidation sites excluding steroid dienone is 1. The Bertz CT molecular complexity index is 290. The molecular weight excluding hydrogens is 171 g/mol. The number of carbonyl (C=O) groups excluding carboxylic acids is 1. The van der Waals surface area contributed by atoms with Gasteiger partial charge in [0.2, 0.25) is 6.86 Å². The predicted octanol–water partition coefficient (Wildman–Crippen LogP) is 2.20. The number of aldehydes is 1. The number of halogens is 1. The second-order valence-electron chi connectivity index (χ2n) is 2.32. The van der Waals surface area contributed by atoms with Gasteiger partial charge in [0.05, 0.1) is 0 Å². The normalized spacial score (nSPS) is 10.2. The molecule has 0 aliphatic carbocycles. The molecule has 2 nitrogen and oxygen atoms in total. The van der Waals surface area contributed by atoms with Crippen molar-refractivity contribution in [3.05, 3.63) is 35.9 Å². The molecule has 0 heterocycles. The van der Waals surface area contributed by atoms with Gasteiger partial charge < -0.3 is 4.74 Å². The summed E-state index contributed by atoms with van der Waals surface area (Å²) in [7, 11) is 0. The van der Waals surface area contributed by atoms with Gasteiger partial charge in [0, 0.05) is 0 Å². The van der Waals surface area contributed by atoms with Crippen LogP contribution in [-0.4, -0.2) is 13.1 Å². The molecule has 0 bridgehead atoms. The van der Waals surface area contributed by atoms with Crippen LogP contribution in [0.15, 0.2) is 30.3 Å². The van der Waals surface area contributed by atoms with Crippen molar-refractivity contribution in [1.29, 1.82) is 0 Å². The number of rotatable bonds is 4. The Morgan fingerprint density at radius 2 is 2.00 bits per heavy atom. The Labute approximate surface area is 75.6 Å². The van der Waals surface area contributed by atoms with Crippen LogP contribution in [-0.2, 0) is 4.79 Å². The van der Waals surface area contributed by atoms with Gasteiger partial charge in [-0.2, -0.15) is 0 Å². The van der Waals surface area contributed by atoms with Crippen LogP contribution in [0.2, 0.25) is 0 Å². The third-order valence-corrected chi connectivity index (χ3v) is 1.47. The maximum absolute atomic E-state index is 11.7. The minimum absolute atomic E-state index is 0.478. The van der Waals surface area contributed by atoms with Crippen LogP contribution in [0.5, 0.6) is 5.75 Å². The molecule has 68 valence electrons. The van der Waals surface area contributed by atoms with E-state index in [1.54, 1.807) is 30.3 Å². The molecule has 0 fully saturated rings. The average molecular weight is 180 g/mol. The van der Waals surface area contributed by atoms with Gasteiger partial charge in [-0.1, -0.05) is 18.2 Å². The molecular formula is C10H9FO2. The third kappa shape index (κ3) is 3.07. The molecule has 1 aromatic rings. The number of carbonyl (C=O) groups is 1. The highest BCUT2D eigenvalue weighted by molar-refractivity contribution is 5.73. The van der Waals surface area contributed by atoms with Gasteiger partial charge in [0.25, 0.3) is 0 Å². The van der Waals surface area contributed by atoms with Gasteiger partial charge in [-0.25, -0.2) is 4.39 Å². The Balaban J connectivity index is 2.69. The minimum atomic E-state index is -0.830. The molecule has 0 aliphatic heterocycles. The van der Waals surface area contributed by atoms with E-state index in [4.69, 9.17) is 0 Å². The molecule has 3 heteroatoms. The van der Waals surface area contributed by atoms with Gasteiger partial charge in [0.1, 0.15) is 12.0 Å². The first-order valence-corrected chi connectivity index (χ1v) is 3.77. The first-order chi connectivity index (χ1) is 6.36. The maximum Gasteiger partial charge on any atom is 0.228 e. The lowest BCUT2D eigenvalue weighted by Crippen LogP contribution is -1.88. The molecule has 0 atom stereocenters. The largest absolute Gasteiger partial charge is 0.463 e. The van der Waals surface area contributed by atoms with Crippen molar-refractivity contribution in [2.75, 3.05) is 6.86 Å². The zero-order valence-corrected chi connectivity index (χ0v) is 6.94. The van der Waals surface area contributed by atoms with Crippen LogP contribution in [0.25, 0.3) is 6.08 Å². The fraction of sp³-hybridized carbons (Fsp3) is 0.100. The first kappa shape index (κ1) is 9.45. The van der Waals surface area contributed by atoms with Crippen molar-refractivity contribution in [2.45, 2.75) is 0 Å². The molecule has 0 spiro atoms. The van der Waals surface area contributed by atoms with Crippen molar-refractivity contribution in [3.63, 3.8) is 0 Å². The van der Waals surface area contributed by atoms with Crippen LogP contribution in [0.1, 0.15) is 5.56 Å². The molecule has 13 heavy (non-hydrogen) atoms. The summed E-state index contributed by atoms with van der Waals surface area (Å²) >= 11 is 0. The molecule has 0 radical (unpaired) electrons. The fourth-order valence-corrected chi connectivity index (χ4v) is 0.889. The Morgan fingerprint density at radius 1 is 1.31 bits per heavy atom. The monoisotopic (exact) mass is 180 g/mol. The lowest BCUT2D eigenvalue weighted by molar-refractivity contribution is -0.104. The highest BCUT2D eigenvalue weighted by atomic mass is 19.1. The second kappa shape index (κ2) is 5.09. The number of ether oxygens (including phenoxy) is 1. The summed E-state index contributed by atoms with van der Waals surface area (Å²) < 4.78 is 16.3. The second-order valence-corrected chi connectivity index (χ2v) is 2.32. The van der Waals surface area contributed by atoms with E-state index in [1.165, 1.54) is 6.08 Å². The van der Waals surface area contributed by atoms with Crippen molar-refractivity contribution < 1.29 is 13.9 Å². The number of alkyl halides is 1. The summed E-state index contributed by atoms with van der Waals surface area (Å²) in [5.41, 5.74) is 0.873. The van der Waals surface area contributed by atoms with Gasteiger partial charge in [-0.3, -0.25) is 4.79 Å². The van der Waals surface area contributed by atoms with E-state index in [0.717, 1.165) is 5.56 Å². The van der Waals surface area contributed by atoms with Crippen LogP contribution in [0, 0.1) is 0 Å². The summed E-state index contributed by atoms with van der Waals surface area (Å²) in [5.74, 6) is 0.478. The molecule has 0 unspecified atom stereocenters. The quantitative estimate of drug-likeness (QED) is 0.524. The molecule has 0 aliphatic rings. The van der Waals surface area contributed by atoms with E-state index in [-0.39, 0.29) is 0 Å². The van der Waals surface area contributed by atoms with Gasteiger partial charge in [-0.05, 0) is 23.8 Å². The number of hydrogen-bond donors (Lipinski definition) is 0.